The number of hydrogen-bond donors (Lipinski definition) is 2. The monoisotopic (exact) mass is 271 g/mol. The summed E-state index contributed by atoms with van der Waals surface area (Å²) in [5, 5.41) is 10.9. The second-order valence-corrected chi connectivity index (χ2v) is 3.31. The van der Waals surface area contributed by atoms with Crippen LogP contribution in [0.15, 0.2) is 24.3 Å². The van der Waals surface area contributed by atoms with Crippen molar-refractivity contribution in [3.05, 3.63) is 24.3 Å². The van der Waals surface area contributed by atoms with E-state index >= 15 is 0 Å². The van der Waals surface area contributed by atoms with Gasteiger partial charge in [0, 0.05) is 6.54 Å². The fourth-order valence-corrected chi connectivity index (χ4v) is 1.13. The van der Waals surface area contributed by atoms with Gasteiger partial charge in [0.2, 0.25) is 0 Å². The predicted molar refractivity (Wildman–Crippen MR) is 53.6 cm³/mol. The normalized spacial score (nSPS) is 13.5. The molecule has 0 aliphatic heterocycles. The molecule has 3 nitrogen and oxygen atoms in total. The number of alkyl halides is 5. The average molecular weight is 271 g/mol. The summed E-state index contributed by atoms with van der Waals surface area (Å²) in [4.78, 5) is 0. The molecule has 1 unspecified atom stereocenters. The van der Waals surface area contributed by atoms with E-state index in [9.17, 15) is 22.0 Å². The Kier molecular flexibility index (Phi) is 4.71. The zero-order chi connectivity index (χ0) is 13.8. The number of aliphatic hydroxyl groups is 1. The number of aliphatic hydroxyl groups excluding tert-OH is 1. The van der Waals surface area contributed by atoms with E-state index in [1.54, 1.807) is 0 Å². The minimum Gasteiger partial charge on any atom is -0.433 e. The Morgan fingerprint density at radius 1 is 1.22 bits per heavy atom. The lowest BCUT2D eigenvalue weighted by Crippen LogP contribution is -2.35. The largest absolute Gasteiger partial charge is 0.433 e. The minimum absolute atomic E-state index is 0.0545. The molecule has 0 aliphatic carbocycles. The Labute approximate surface area is 99.2 Å². The highest BCUT2D eigenvalue weighted by Crippen LogP contribution is 2.26. The van der Waals surface area contributed by atoms with Crippen molar-refractivity contribution < 1.29 is 31.8 Å². The van der Waals surface area contributed by atoms with Crippen LogP contribution in [0.1, 0.15) is 0 Å². The molecule has 0 saturated heterocycles. The van der Waals surface area contributed by atoms with Crippen LogP contribution in [-0.4, -0.2) is 30.5 Å². The predicted octanol–water partition coefficient (Wildman–Crippen LogP) is 2.62. The summed E-state index contributed by atoms with van der Waals surface area (Å²) >= 11 is 0. The number of halogens is 5. The van der Waals surface area contributed by atoms with Crippen molar-refractivity contribution in [2.45, 2.75) is 18.9 Å². The first kappa shape index (κ1) is 14.5. The van der Waals surface area contributed by atoms with Crippen LogP contribution < -0.4 is 10.1 Å². The molecule has 1 rings (SSSR count). The lowest BCUT2D eigenvalue weighted by Gasteiger charge is -2.17. The van der Waals surface area contributed by atoms with E-state index in [2.05, 4.69) is 10.1 Å². The van der Waals surface area contributed by atoms with E-state index < -0.39 is 25.4 Å². The van der Waals surface area contributed by atoms with Crippen molar-refractivity contribution in [1.29, 1.82) is 0 Å². The van der Waals surface area contributed by atoms with E-state index in [0.29, 0.717) is 0 Å². The summed E-state index contributed by atoms with van der Waals surface area (Å²) in [5.41, 5.74) is -0.0545. The van der Waals surface area contributed by atoms with Gasteiger partial charge < -0.3 is 15.2 Å². The van der Waals surface area contributed by atoms with Gasteiger partial charge >= 0.3 is 12.8 Å². The number of hydrogen-bond acceptors (Lipinski definition) is 3. The van der Waals surface area contributed by atoms with Gasteiger partial charge in [0.25, 0.3) is 0 Å². The summed E-state index contributed by atoms with van der Waals surface area (Å²) in [5.74, 6) is -0.290. The molecule has 1 aromatic carbocycles. The summed E-state index contributed by atoms with van der Waals surface area (Å²) in [6.07, 6.45) is -7.36. The van der Waals surface area contributed by atoms with E-state index in [-0.39, 0.29) is 11.4 Å². The van der Waals surface area contributed by atoms with Crippen molar-refractivity contribution in [2.75, 3.05) is 11.9 Å². The van der Waals surface area contributed by atoms with Crippen molar-refractivity contribution in [3.8, 4) is 5.75 Å². The van der Waals surface area contributed by atoms with E-state index in [1.807, 2.05) is 0 Å². The first-order valence-electron chi connectivity index (χ1n) is 4.83. The van der Waals surface area contributed by atoms with Crippen LogP contribution in [0.25, 0.3) is 0 Å². The number of para-hydroxylation sites is 2. The van der Waals surface area contributed by atoms with E-state index in [0.717, 1.165) is 0 Å². The zero-order valence-electron chi connectivity index (χ0n) is 8.92. The molecule has 0 fully saturated rings. The molecule has 0 aromatic heterocycles. The average Bonchev–Trinajstić information content (AvgIpc) is 2.25. The van der Waals surface area contributed by atoms with Gasteiger partial charge in [0.05, 0.1) is 5.69 Å². The van der Waals surface area contributed by atoms with Gasteiger partial charge in [0.1, 0.15) is 5.75 Å². The standard InChI is InChI=1S/C10H10F5NO2/c11-9(12)18-7-4-2-1-3-6(7)16-5-8(17)10(13,14)15/h1-4,8-9,16-17H,5H2. The fourth-order valence-electron chi connectivity index (χ4n) is 1.13. The fraction of sp³-hybridized carbons (Fsp3) is 0.400. The van der Waals surface area contributed by atoms with Crippen LogP contribution in [0.3, 0.4) is 0 Å². The number of anilines is 1. The van der Waals surface area contributed by atoms with E-state index in [1.165, 1.54) is 24.3 Å². The molecule has 0 bridgehead atoms. The lowest BCUT2D eigenvalue weighted by molar-refractivity contribution is -0.198. The molecule has 0 amide bonds. The quantitative estimate of drug-likeness (QED) is 0.809. The van der Waals surface area contributed by atoms with Gasteiger partial charge in [-0.05, 0) is 12.1 Å². The highest BCUT2D eigenvalue weighted by Gasteiger charge is 2.37. The Bertz CT molecular complexity index is 383. The second kappa shape index (κ2) is 5.85. The Balaban J connectivity index is 2.67. The van der Waals surface area contributed by atoms with Crippen molar-refractivity contribution >= 4 is 5.69 Å². The first-order chi connectivity index (χ1) is 8.30. The Hall–Kier alpha value is -1.57. The molecule has 102 valence electrons. The van der Waals surface area contributed by atoms with Gasteiger partial charge in [-0.3, -0.25) is 0 Å². The third-order valence-electron chi connectivity index (χ3n) is 1.97. The smallest absolute Gasteiger partial charge is 0.416 e. The highest BCUT2D eigenvalue weighted by atomic mass is 19.4. The molecule has 1 aromatic rings. The highest BCUT2D eigenvalue weighted by molar-refractivity contribution is 5.56. The molecule has 18 heavy (non-hydrogen) atoms. The molecular weight excluding hydrogens is 261 g/mol. The molecule has 0 saturated carbocycles. The molecule has 0 spiro atoms. The van der Waals surface area contributed by atoms with Gasteiger partial charge in [0.15, 0.2) is 6.10 Å². The van der Waals surface area contributed by atoms with Crippen LogP contribution in [0.5, 0.6) is 5.75 Å². The van der Waals surface area contributed by atoms with Crippen LogP contribution >= 0.6 is 0 Å². The van der Waals surface area contributed by atoms with Crippen LogP contribution in [0, 0.1) is 0 Å². The third kappa shape index (κ3) is 4.36. The molecule has 0 heterocycles. The molecule has 8 heteroatoms. The molecule has 0 aliphatic rings. The number of benzene rings is 1. The number of ether oxygens (including phenoxy) is 1. The third-order valence-corrected chi connectivity index (χ3v) is 1.97. The maximum absolute atomic E-state index is 12.0. The summed E-state index contributed by atoms with van der Waals surface area (Å²) < 4.78 is 64.2. The molecule has 0 radical (unpaired) electrons. The van der Waals surface area contributed by atoms with Crippen molar-refractivity contribution in [1.82, 2.24) is 0 Å². The van der Waals surface area contributed by atoms with Gasteiger partial charge in [-0.15, -0.1) is 0 Å². The lowest BCUT2D eigenvalue weighted by atomic mass is 10.2. The van der Waals surface area contributed by atoms with Crippen LogP contribution in [0.4, 0.5) is 27.6 Å². The van der Waals surface area contributed by atoms with Crippen LogP contribution in [-0.2, 0) is 0 Å². The molecule has 1 atom stereocenters. The minimum atomic E-state index is -4.77. The van der Waals surface area contributed by atoms with Crippen molar-refractivity contribution in [3.63, 3.8) is 0 Å². The summed E-state index contributed by atoms with van der Waals surface area (Å²) in [6, 6.07) is 5.26. The second-order valence-electron chi connectivity index (χ2n) is 3.31. The SMILES string of the molecule is OC(CNc1ccccc1OC(F)F)C(F)(F)F. The summed E-state index contributed by atoms with van der Waals surface area (Å²) in [7, 11) is 0. The van der Waals surface area contributed by atoms with Crippen LogP contribution in [0.2, 0.25) is 0 Å². The maximum atomic E-state index is 12.0. The van der Waals surface area contributed by atoms with E-state index in [4.69, 9.17) is 5.11 Å². The van der Waals surface area contributed by atoms with Gasteiger partial charge in [-0.1, -0.05) is 12.1 Å². The Morgan fingerprint density at radius 3 is 2.39 bits per heavy atom. The number of rotatable bonds is 5. The van der Waals surface area contributed by atoms with Crippen molar-refractivity contribution in [2.24, 2.45) is 0 Å². The topological polar surface area (TPSA) is 41.5 Å². The zero-order valence-corrected chi connectivity index (χ0v) is 8.92. The maximum Gasteiger partial charge on any atom is 0.416 e. The number of nitrogens with one attached hydrogen (secondary N) is 1. The molecular formula is C10H10F5NO2. The van der Waals surface area contributed by atoms with Gasteiger partial charge in [-0.25, -0.2) is 0 Å². The van der Waals surface area contributed by atoms with Gasteiger partial charge in [-0.2, -0.15) is 22.0 Å². The summed E-state index contributed by atoms with van der Waals surface area (Å²) in [6.45, 7) is -3.94. The Morgan fingerprint density at radius 2 is 1.83 bits per heavy atom. The molecule has 2 N–H and O–H groups in total. The first-order valence-corrected chi connectivity index (χ1v) is 4.83.